The summed E-state index contributed by atoms with van der Waals surface area (Å²) in [6.07, 6.45) is 0.978. The fourth-order valence-corrected chi connectivity index (χ4v) is 1.62. The summed E-state index contributed by atoms with van der Waals surface area (Å²) in [5, 5.41) is 9.03. The van der Waals surface area contributed by atoms with Gasteiger partial charge >= 0.3 is 5.97 Å². The van der Waals surface area contributed by atoms with Crippen LogP contribution < -0.4 is 4.74 Å². The molecule has 6 heteroatoms. The Labute approximate surface area is 116 Å². The lowest BCUT2D eigenvalue weighted by Crippen LogP contribution is -2.21. The number of carboxylic acids is 1. The van der Waals surface area contributed by atoms with Crippen LogP contribution in [0.25, 0.3) is 0 Å². The van der Waals surface area contributed by atoms with Crippen molar-refractivity contribution in [2.24, 2.45) is 0 Å². The zero-order chi connectivity index (χ0) is 14.4. The normalized spacial score (nSPS) is 10.1. The summed E-state index contributed by atoms with van der Waals surface area (Å²) in [5.74, 6) is -0.579. The second-order valence-electron chi connectivity index (χ2n) is 4.19. The molecule has 0 aliphatic rings. The number of halogens is 1. The Morgan fingerprint density at radius 2 is 2.05 bits per heavy atom. The van der Waals surface area contributed by atoms with Gasteiger partial charge in [0.15, 0.2) is 0 Å². The Balaban J connectivity index is 2.46. The van der Waals surface area contributed by atoms with E-state index in [4.69, 9.17) is 21.4 Å². The van der Waals surface area contributed by atoms with Gasteiger partial charge in [0.25, 0.3) is 0 Å². The first kappa shape index (κ1) is 15.3. The Morgan fingerprint density at radius 3 is 2.58 bits per heavy atom. The maximum Gasteiger partial charge on any atom is 0.335 e. The molecule has 1 rings (SSSR count). The second kappa shape index (κ2) is 6.99. The highest BCUT2D eigenvalue weighted by molar-refractivity contribution is 6.32. The minimum absolute atomic E-state index is 0.0379. The van der Waals surface area contributed by atoms with Crippen LogP contribution in [0.2, 0.25) is 5.02 Å². The number of ether oxygens (including phenoxy) is 1. The van der Waals surface area contributed by atoms with Gasteiger partial charge in [-0.2, -0.15) is 0 Å². The maximum absolute atomic E-state index is 11.3. The third kappa shape index (κ3) is 4.79. The van der Waals surface area contributed by atoms with Crippen molar-refractivity contribution in [3.63, 3.8) is 0 Å². The van der Waals surface area contributed by atoms with Crippen molar-refractivity contribution >= 4 is 23.5 Å². The molecule has 0 aliphatic carbocycles. The van der Waals surface area contributed by atoms with Crippen LogP contribution in [0.5, 0.6) is 5.75 Å². The summed E-state index contributed by atoms with van der Waals surface area (Å²) in [6, 6.07) is 4.28. The van der Waals surface area contributed by atoms with Crippen LogP contribution in [0.3, 0.4) is 0 Å². The van der Waals surface area contributed by atoms with E-state index in [0.29, 0.717) is 25.2 Å². The summed E-state index contributed by atoms with van der Waals surface area (Å²) in [4.78, 5) is 23.6. The van der Waals surface area contributed by atoms with E-state index in [1.54, 1.807) is 14.1 Å². The van der Waals surface area contributed by atoms with E-state index in [9.17, 15) is 9.59 Å². The molecule has 19 heavy (non-hydrogen) atoms. The monoisotopic (exact) mass is 285 g/mol. The number of benzene rings is 1. The highest BCUT2D eigenvalue weighted by Gasteiger charge is 2.08. The van der Waals surface area contributed by atoms with Crippen LogP contribution in [-0.2, 0) is 4.79 Å². The molecular weight excluding hydrogens is 270 g/mol. The van der Waals surface area contributed by atoms with Crippen molar-refractivity contribution in [2.45, 2.75) is 12.8 Å². The van der Waals surface area contributed by atoms with Gasteiger partial charge in [0.2, 0.25) is 5.91 Å². The van der Waals surface area contributed by atoms with Gasteiger partial charge in [0, 0.05) is 20.5 Å². The molecular formula is C13H16ClNO4. The standard InChI is InChI=1S/C13H16ClNO4/c1-15(2)12(16)4-3-7-19-11-6-5-9(13(17)18)8-10(11)14/h5-6,8H,3-4,7H2,1-2H3,(H,17,18). The van der Waals surface area contributed by atoms with Gasteiger partial charge in [0.1, 0.15) is 5.75 Å². The third-order valence-electron chi connectivity index (χ3n) is 2.47. The molecule has 0 radical (unpaired) electrons. The third-order valence-corrected chi connectivity index (χ3v) is 2.77. The maximum atomic E-state index is 11.3. The van der Waals surface area contributed by atoms with Crippen molar-refractivity contribution in [3.05, 3.63) is 28.8 Å². The van der Waals surface area contributed by atoms with E-state index in [1.807, 2.05) is 0 Å². The molecule has 0 bridgehead atoms. The number of carboxylic acid groups (broad SMARTS) is 1. The fraction of sp³-hybridized carbons (Fsp3) is 0.385. The lowest BCUT2D eigenvalue weighted by molar-refractivity contribution is -0.128. The number of carbonyl (C=O) groups is 2. The van der Waals surface area contributed by atoms with Crippen LogP contribution in [-0.4, -0.2) is 42.6 Å². The van der Waals surface area contributed by atoms with Crippen molar-refractivity contribution < 1.29 is 19.4 Å². The number of nitrogens with zero attached hydrogens (tertiary/aromatic N) is 1. The molecule has 0 aromatic heterocycles. The number of hydrogen-bond donors (Lipinski definition) is 1. The lowest BCUT2D eigenvalue weighted by Gasteiger charge is -2.11. The van der Waals surface area contributed by atoms with Gasteiger partial charge in [-0.25, -0.2) is 4.79 Å². The molecule has 1 N–H and O–H groups in total. The summed E-state index contributed by atoms with van der Waals surface area (Å²) in [7, 11) is 3.40. The minimum atomic E-state index is -1.04. The predicted octanol–water partition coefficient (Wildman–Crippen LogP) is 2.29. The van der Waals surface area contributed by atoms with Crippen molar-refractivity contribution in [1.82, 2.24) is 4.90 Å². The Hall–Kier alpha value is -1.75. The van der Waals surface area contributed by atoms with Gasteiger partial charge in [-0.3, -0.25) is 4.79 Å². The van der Waals surface area contributed by atoms with Crippen molar-refractivity contribution in [2.75, 3.05) is 20.7 Å². The highest BCUT2D eigenvalue weighted by Crippen LogP contribution is 2.25. The SMILES string of the molecule is CN(C)C(=O)CCCOc1ccc(C(=O)O)cc1Cl. The number of rotatable bonds is 6. The Kier molecular flexibility index (Phi) is 5.63. The Morgan fingerprint density at radius 1 is 1.37 bits per heavy atom. The first-order valence-corrected chi connectivity index (χ1v) is 6.15. The molecule has 1 amide bonds. The van der Waals surface area contributed by atoms with Crippen LogP contribution in [0.4, 0.5) is 0 Å². The molecule has 0 heterocycles. The lowest BCUT2D eigenvalue weighted by atomic mass is 10.2. The predicted molar refractivity (Wildman–Crippen MR) is 71.8 cm³/mol. The number of hydrogen-bond acceptors (Lipinski definition) is 3. The second-order valence-corrected chi connectivity index (χ2v) is 4.60. The fourth-order valence-electron chi connectivity index (χ4n) is 1.38. The van der Waals surface area contributed by atoms with Gasteiger partial charge in [-0.05, 0) is 24.6 Å². The largest absolute Gasteiger partial charge is 0.492 e. The van der Waals surface area contributed by atoms with Gasteiger partial charge in [0.05, 0.1) is 17.2 Å². The molecule has 0 fully saturated rings. The van der Waals surface area contributed by atoms with Crippen molar-refractivity contribution in [1.29, 1.82) is 0 Å². The summed E-state index contributed by atoms with van der Waals surface area (Å²) in [6.45, 7) is 0.353. The molecule has 5 nitrogen and oxygen atoms in total. The first-order valence-electron chi connectivity index (χ1n) is 5.77. The molecule has 0 unspecified atom stereocenters. The van der Waals surface area contributed by atoms with Gasteiger partial charge < -0.3 is 14.7 Å². The zero-order valence-electron chi connectivity index (χ0n) is 10.9. The first-order chi connectivity index (χ1) is 8.91. The van der Waals surface area contributed by atoms with E-state index in [0.717, 1.165) is 0 Å². The van der Waals surface area contributed by atoms with E-state index >= 15 is 0 Å². The van der Waals surface area contributed by atoms with Gasteiger partial charge in [-0.15, -0.1) is 0 Å². The summed E-state index contributed by atoms with van der Waals surface area (Å²) >= 11 is 5.90. The molecule has 0 saturated heterocycles. The quantitative estimate of drug-likeness (QED) is 0.814. The van der Waals surface area contributed by atoms with Crippen LogP contribution in [0.1, 0.15) is 23.2 Å². The molecule has 1 aromatic carbocycles. The summed E-state index contributed by atoms with van der Waals surface area (Å²) in [5.41, 5.74) is 0.111. The number of amides is 1. The molecule has 104 valence electrons. The number of aromatic carboxylic acids is 1. The topological polar surface area (TPSA) is 66.8 Å². The smallest absolute Gasteiger partial charge is 0.335 e. The van der Waals surface area contributed by atoms with E-state index in [2.05, 4.69) is 0 Å². The van der Waals surface area contributed by atoms with E-state index in [1.165, 1.54) is 23.1 Å². The summed E-state index contributed by atoms with van der Waals surface area (Å²) < 4.78 is 5.41. The molecule has 0 spiro atoms. The van der Waals surface area contributed by atoms with Crippen LogP contribution >= 0.6 is 11.6 Å². The van der Waals surface area contributed by atoms with E-state index < -0.39 is 5.97 Å². The molecule has 0 aliphatic heterocycles. The van der Waals surface area contributed by atoms with Crippen molar-refractivity contribution in [3.8, 4) is 5.75 Å². The molecule has 0 saturated carbocycles. The molecule has 1 aromatic rings. The van der Waals surface area contributed by atoms with E-state index in [-0.39, 0.29) is 16.5 Å². The van der Waals surface area contributed by atoms with Gasteiger partial charge in [-0.1, -0.05) is 11.6 Å². The minimum Gasteiger partial charge on any atom is -0.492 e. The zero-order valence-corrected chi connectivity index (χ0v) is 11.6. The average molecular weight is 286 g/mol. The molecule has 0 atom stereocenters. The van der Waals surface area contributed by atoms with Crippen LogP contribution in [0.15, 0.2) is 18.2 Å². The number of carbonyl (C=O) groups excluding carboxylic acids is 1. The Bertz CT molecular complexity index is 474. The highest BCUT2D eigenvalue weighted by atomic mass is 35.5. The average Bonchev–Trinajstić information content (AvgIpc) is 2.35. The van der Waals surface area contributed by atoms with Crippen LogP contribution in [0, 0.1) is 0 Å².